The lowest BCUT2D eigenvalue weighted by molar-refractivity contribution is 0.0883. The fourth-order valence-corrected chi connectivity index (χ4v) is 2.33. The van der Waals surface area contributed by atoms with Gasteiger partial charge in [0, 0.05) is 43.4 Å². The maximum Gasteiger partial charge on any atom is 0.321 e. The van der Waals surface area contributed by atoms with E-state index in [9.17, 15) is 9.90 Å². The third-order valence-corrected chi connectivity index (χ3v) is 3.33. The topological polar surface area (TPSA) is 69.9 Å². The highest BCUT2D eigenvalue weighted by Crippen LogP contribution is 2.14. The number of aliphatic hydroxyl groups is 1. The number of likely N-dealkylation sites (tertiary alicyclic amines) is 1. The highest BCUT2D eigenvalue weighted by atomic mass is 16.3. The Hall–Kier alpha value is -2.08. The summed E-state index contributed by atoms with van der Waals surface area (Å²) in [5.41, 5.74) is 1.50. The second-order valence-corrected chi connectivity index (χ2v) is 4.78. The van der Waals surface area contributed by atoms with E-state index in [4.69, 9.17) is 0 Å². The molecule has 0 aliphatic carbocycles. The van der Waals surface area contributed by atoms with E-state index < -0.39 is 6.10 Å². The largest absolute Gasteiger partial charge is 0.391 e. The number of anilines is 1. The minimum atomic E-state index is -0.408. The van der Waals surface area contributed by atoms with Crippen molar-refractivity contribution in [1.82, 2.24) is 14.3 Å². The van der Waals surface area contributed by atoms with E-state index >= 15 is 0 Å². The summed E-state index contributed by atoms with van der Waals surface area (Å²) in [5, 5.41) is 12.4. The van der Waals surface area contributed by atoms with Crippen molar-refractivity contribution in [1.29, 1.82) is 0 Å². The zero-order valence-corrected chi connectivity index (χ0v) is 10.5. The van der Waals surface area contributed by atoms with E-state index in [0.29, 0.717) is 18.8 Å². The molecule has 1 aliphatic rings. The second-order valence-electron chi connectivity index (χ2n) is 4.78. The van der Waals surface area contributed by atoms with Crippen molar-refractivity contribution >= 4 is 17.4 Å². The standard InChI is InChI=1S/C13H16N4O2/c18-11-2-1-5-17(9-11)13(19)15-10-3-6-16-7-4-14-12(16)8-10/h3-4,6-8,11,18H,1-2,5,9H2,(H,15,19)/t11-/m0/s1. The summed E-state index contributed by atoms with van der Waals surface area (Å²) in [6.45, 7) is 1.09. The van der Waals surface area contributed by atoms with Gasteiger partial charge in [-0.1, -0.05) is 0 Å². The van der Waals surface area contributed by atoms with E-state index in [1.54, 1.807) is 11.1 Å². The first-order valence-corrected chi connectivity index (χ1v) is 6.39. The number of carbonyl (C=O) groups excluding carboxylic acids is 1. The number of imidazole rings is 1. The van der Waals surface area contributed by atoms with Gasteiger partial charge in [0.1, 0.15) is 5.65 Å². The number of nitrogens with one attached hydrogen (secondary N) is 1. The molecule has 2 N–H and O–H groups in total. The molecule has 1 saturated heterocycles. The monoisotopic (exact) mass is 260 g/mol. The highest BCUT2D eigenvalue weighted by molar-refractivity contribution is 5.89. The fraction of sp³-hybridized carbons (Fsp3) is 0.385. The van der Waals surface area contributed by atoms with Crippen LogP contribution >= 0.6 is 0 Å². The molecule has 1 fully saturated rings. The maximum absolute atomic E-state index is 12.1. The lowest BCUT2D eigenvalue weighted by Gasteiger charge is -2.30. The molecule has 3 rings (SSSR count). The SMILES string of the molecule is O=C(Nc1ccn2ccnc2c1)N1CCC[C@H](O)C1. The molecule has 2 aromatic heterocycles. The summed E-state index contributed by atoms with van der Waals surface area (Å²) >= 11 is 0. The van der Waals surface area contributed by atoms with Crippen molar-refractivity contribution in [2.45, 2.75) is 18.9 Å². The van der Waals surface area contributed by atoms with Crippen LogP contribution in [-0.4, -0.2) is 44.6 Å². The maximum atomic E-state index is 12.1. The number of hydrogen-bond acceptors (Lipinski definition) is 3. The van der Waals surface area contributed by atoms with Crippen LogP contribution in [0.5, 0.6) is 0 Å². The number of aromatic nitrogens is 2. The van der Waals surface area contributed by atoms with Crippen LogP contribution in [0.4, 0.5) is 10.5 Å². The average Bonchev–Trinajstić information content (AvgIpc) is 2.86. The Balaban J connectivity index is 1.71. The van der Waals surface area contributed by atoms with Crippen LogP contribution < -0.4 is 5.32 Å². The van der Waals surface area contributed by atoms with Crippen molar-refractivity contribution in [3.05, 3.63) is 30.7 Å². The summed E-state index contributed by atoms with van der Waals surface area (Å²) in [4.78, 5) is 17.9. The van der Waals surface area contributed by atoms with Crippen LogP contribution in [0.25, 0.3) is 5.65 Å². The number of hydrogen-bond donors (Lipinski definition) is 2. The number of aliphatic hydroxyl groups excluding tert-OH is 1. The summed E-state index contributed by atoms with van der Waals surface area (Å²) in [5.74, 6) is 0. The zero-order chi connectivity index (χ0) is 13.2. The zero-order valence-electron chi connectivity index (χ0n) is 10.5. The summed E-state index contributed by atoms with van der Waals surface area (Å²) in [7, 11) is 0. The van der Waals surface area contributed by atoms with E-state index in [1.165, 1.54) is 0 Å². The number of rotatable bonds is 1. The molecule has 100 valence electrons. The summed E-state index contributed by atoms with van der Waals surface area (Å²) in [6.07, 6.45) is 6.61. The van der Waals surface area contributed by atoms with Crippen molar-refractivity contribution in [2.24, 2.45) is 0 Å². The van der Waals surface area contributed by atoms with Crippen molar-refractivity contribution in [3.8, 4) is 0 Å². The molecule has 0 radical (unpaired) electrons. The molecule has 2 aromatic rings. The Labute approximate surface area is 110 Å². The Morgan fingerprint density at radius 2 is 2.37 bits per heavy atom. The van der Waals surface area contributed by atoms with Gasteiger partial charge in [-0.15, -0.1) is 0 Å². The lowest BCUT2D eigenvalue weighted by Crippen LogP contribution is -2.44. The van der Waals surface area contributed by atoms with Crippen LogP contribution in [0.2, 0.25) is 0 Å². The van der Waals surface area contributed by atoms with Crippen LogP contribution in [0.15, 0.2) is 30.7 Å². The first-order chi connectivity index (χ1) is 9.22. The number of β-amino-alcohol motifs (C(OH)–C–C–N with tert-alkyl or cyclic N) is 1. The summed E-state index contributed by atoms with van der Waals surface area (Å²) in [6, 6.07) is 3.47. The molecule has 0 spiro atoms. The Bertz CT molecular complexity index is 595. The van der Waals surface area contributed by atoms with Gasteiger partial charge in [0.05, 0.1) is 6.10 Å². The van der Waals surface area contributed by atoms with Gasteiger partial charge in [0.15, 0.2) is 0 Å². The van der Waals surface area contributed by atoms with Crippen molar-refractivity contribution < 1.29 is 9.90 Å². The molecule has 0 bridgehead atoms. The minimum Gasteiger partial charge on any atom is -0.391 e. The van der Waals surface area contributed by atoms with Gasteiger partial charge in [-0.05, 0) is 18.9 Å². The second kappa shape index (κ2) is 4.89. The number of pyridine rings is 1. The first kappa shape index (κ1) is 12.0. The Morgan fingerprint density at radius 3 is 3.21 bits per heavy atom. The van der Waals surface area contributed by atoms with Crippen molar-refractivity contribution in [2.75, 3.05) is 18.4 Å². The molecular formula is C13H16N4O2. The van der Waals surface area contributed by atoms with Crippen LogP contribution in [0.3, 0.4) is 0 Å². The van der Waals surface area contributed by atoms with Crippen LogP contribution in [-0.2, 0) is 0 Å². The molecule has 0 unspecified atom stereocenters. The van der Waals surface area contributed by atoms with Gasteiger partial charge in [-0.25, -0.2) is 9.78 Å². The van der Waals surface area contributed by atoms with Gasteiger partial charge in [-0.2, -0.15) is 0 Å². The lowest BCUT2D eigenvalue weighted by atomic mass is 10.1. The molecular weight excluding hydrogens is 244 g/mol. The number of piperidine rings is 1. The quantitative estimate of drug-likeness (QED) is 0.812. The van der Waals surface area contributed by atoms with Gasteiger partial charge in [0.25, 0.3) is 0 Å². The molecule has 6 heteroatoms. The Morgan fingerprint density at radius 1 is 1.47 bits per heavy atom. The third-order valence-electron chi connectivity index (χ3n) is 3.33. The van der Waals surface area contributed by atoms with E-state index in [2.05, 4.69) is 10.3 Å². The minimum absolute atomic E-state index is 0.172. The van der Waals surface area contributed by atoms with E-state index in [-0.39, 0.29) is 6.03 Å². The smallest absolute Gasteiger partial charge is 0.321 e. The molecule has 2 amide bonds. The van der Waals surface area contributed by atoms with Gasteiger partial charge in [-0.3, -0.25) is 0 Å². The Kier molecular flexibility index (Phi) is 3.08. The van der Waals surface area contributed by atoms with Crippen molar-refractivity contribution in [3.63, 3.8) is 0 Å². The van der Waals surface area contributed by atoms with E-state index in [0.717, 1.165) is 18.5 Å². The number of fused-ring (bicyclic) bond motifs is 1. The number of urea groups is 1. The summed E-state index contributed by atoms with van der Waals surface area (Å²) < 4.78 is 1.88. The van der Waals surface area contributed by atoms with Crippen LogP contribution in [0.1, 0.15) is 12.8 Å². The predicted octanol–water partition coefficient (Wildman–Crippen LogP) is 1.32. The highest BCUT2D eigenvalue weighted by Gasteiger charge is 2.21. The third kappa shape index (κ3) is 2.53. The number of nitrogens with zero attached hydrogens (tertiary/aromatic N) is 3. The molecule has 19 heavy (non-hydrogen) atoms. The van der Waals surface area contributed by atoms with E-state index in [1.807, 2.05) is 28.9 Å². The molecule has 1 atom stereocenters. The molecule has 3 heterocycles. The number of carbonyl (C=O) groups is 1. The van der Waals surface area contributed by atoms with Crippen LogP contribution in [0, 0.1) is 0 Å². The number of amides is 2. The van der Waals surface area contributed by atoms with Gasteiger partial charge >= 0.3 is 6.03 Å². The normalized spacial score (nSPS) is 19.6. The van der Waals surface area contributed by atoms with Gasteiger partial charge < -0.3 is 19.7 Å². The fourth-order valence-electron chi connectivity index (χ4n) is 2.33. The predicted molar refractivity (Wildman–Crippen MR) is 71.0 cm³/mol. The molecule has 6 nitrogen and oxygen atoms in total. The molecule has 0 saturated carbocycles. The molecule has 0 aromatic carbocycles. The first-order valence-electron chi connectivity index (χ1n) is 6.39. The molecule has 1 aliphatic heterocycles. The average molecular weight is 260 g/mol. The van der Waals surface area contributed by atoms with Gasteiger partial charge in [0.2, 0.25) is 0 Å².